The fraction of sp³-hybridized carbons (Fsp3) is 0.522. The lowest BCUT2D eigenvalue weighted by atomic mass is 10.1. The molecular formula is C23H31N5O2. The lowest BCUT2D eigenvalue weighted by Crippen LogP contribution is -2.38. The SMILES string of the molecule is O=C(NCCCN1CCOCC1)c1ccc(-c2ccc(N3CCCCC3)nn2)cc1. The number of carbonyl (C=O) groups is 1. The molecule has 4 rings (SSSR count). The van der Waals surface area contributed by atoms with Gasteiger partial charge in [-0.1, -0.05) is 12.1 Å². The molecule has 3 heterocycles. The van der Waals surface area contributed by atoms with Crippen molar-refractivity contribution in [2.24, 2.45) is 0 Å². The van der Waals surface area contributed by atoms with Gasteiger partial charge in [-0.25, -0.2) is 0 Å². The molecule has 30 heavy (non-hydrogen) atoms. The Morgan fingerprint density at radius 2 is 1.70 bits per heavy atom. The van der Waals surface area contributed by atoms with Gasteiger partial charge in [-0.05, 0) is 56.5 Å². The summed E-state index contributed by atoms with van der Waals surface area (Å²) in [5, 5.41) is 11.8. The lowest BCUT2D eigenvalue weighted by molar-refractivity contribution is 0.0374. The molecule has 0 saturated carbocycles. The van der Waals surface area contributed by atoms with Crippen LogP contribution in [0.15, 0.2) is 36.4 Å². The van der Waals surface area contributed by atoms with Crippen molar-refractivity contribution >= 4 is 11.7 Å². The van der Waals surface area contributed by atoms with Gasteiger partial charge in [-0.3, -0.25) is 9.69 Å². The average molecular weight is 410 g/mol. The third-order valence-corrected chi connectivity index (χ3v) is 5.81. The molecule has 7 nitrogen and oxygen atoms in total. The molecule has 7 heteroatoms. The number of hydrogen-bond donors (Lipinski definition) is 1. The van der Waals surface area contributed by atoms with Crippen molar-refractivity contribution in [3.8, 4) is 11.3 Å². The van der Waals surface area contributed by atoms with Gasteiger partial charge in [0.05, 0.1) is 18.9 Å². The number of piperidine rings is 1. The highest BCUT2D eigenvalue weighted by Gasteiger charge is 2.13. The predicted octanol–water partition coefficient (Wildman–Crippen LogP) is 2.59. The van der Waals surface area contributed by atoms with E-state index >= 15 is 0 Å². The predicted molar refractivity (Wildman–Crippen MR) is 118 cm³/mol. The first-order valence-corrected chi connectivity index (χ1v) is 11.1. The maximum absolute atomic E-state index is 12.4. The van der Waals surface area contributed by atoms with Crippen LogP contribution in [0, 0.1) is 0 Å². The number of anilines is 1. The van der Waals surface area contributed by atoms with E-state index in [1.165, 1.54) is 19.3 Å². The van der Waals surface area contributed by atoms with Gasteiger partial charge in [0.1, 0.15) is 0 Å². The van der Waals surface area contributed by atoms with Crippen molar-refractivity contribution in [1.82, 2.24) is 20.4 Å². The van der Waals surface area contributed by atoms with E-state index in [0.717, 1.165) is 69.4 Å². The molecule has 0 unspecified atom stereocenters. The molecular weight excluding hydrogens is 378 g/mol. The minimum absolute atomic E-state index is 0.0324. The highest BCUT2D eigenvalue weighted by Crippen LogP contribution is 2.21. The Bertz CT molecular complexity index is 797. The normalized spacial score (nSPS) is 17.7. The first kappa shape index (κ1) is 20.8. The smallest absolute Gasteiger partial charge is 0.251 e. The van der Waals surface area contributed by atoms with E-state index in [2.05, 4.69) is 25.3 Å². The largest absolute Gasteiger partial charge is 0.379 e. The third kappa shape index (κ3) is 5.55. The zero-order valence-electron chi connectivity index (χ0n) is 17.6. The summed E-state index contributed by atoms with van der Waals surface area (Å²) >= 11 is 0. The number of amides is 1. The van der Waals surface area contributed by atoms with E-state index in [1.807, 2.05) is 36.4 Å². The van der Waals surface area contributed by atoms with Gasteiger partial charge in [-0.2, -0.15) is 0 Å². The van der Waals surface area contributed by atoms with Gasteiger partial charge < -0.3 is 15.0 Å². The Balaban J connectivity index is 1.26. The van der Waals surface area contributed by atoms with Crippen LogP contribution in [0.4, 0.5) is 5.82 Å². The van der Waals surface area contributed by atoms with Crippen molar-refractivity contribution in [2.75, 3.05) is 57.4 Å². The van der Waals surface area contributed by atoms with Crippen LogP contribution in [0.2, 0.25) is 0 Å². The van der Waals surface area contributed by atoms with Crippen molar-refractivity contribution in [1.29, 1.82) is 0 Å². The molecule has 0 bridgehead atoms. The van der Waals surface area contributed by atoms with Gasteiger partial charge in [-0.15, -0.1) is 10.2 Å². The molecule has 0 atom stereocenters. The minimum Gasteiger partial charge on any atom is -0.379 e. The van der Waals surface area contributed by atoms with Crippen LogP contribution in [0.5, 0.6) is 0 Å². The van der Waals surface area contributed by atoms with Crippen molar-refractivity contribution in [3.05, 3.63) is 42.0 Å². The third-order valence-electron chi connectivity index (χ3n) is 5.81. The zero-order valence-corrected chi connectivity index (χ0v) is 17.6. The average Bonchev–Trinajstić information content (AvgIpc) is 2.83. The minimum atomic E-state index is -0.0324. The Morgan fingerprint density at radius 1 is 0.933 bits per heavy atom. The highest BCUT2D eigenvalue weighted by atomic mass is 16.5. The Morgan fingerprint density at radius 3 is 2.40 bits per heavy atom. The molecule has 2 aliphatic heterocycles. The zero-order chi connectivity index (χ0) is 20.6. The number of hydrogen-bond acceptors (Lipinski definition) is 6. The summed E-state index contributed by atoms with van der Waals surface area (Å²) in [6.07, 6.45) is 4.69. The number of carbonyl (C=O) groups excluding carboxylic acids is 1. The number of ether oxygens (including phenoxy) is 1. The summed E-state index contributed by atoms with van der Waals surface area (Å²) in [7, 11) is 0. The Kier molecular flexibility index (Phi) is 7.26. The van der Waals surface area contributed by atoms with Crippen molar-refractivity contribution < 1.29 is 9.53 Å². The molecule has 2 fully saturated rings. The highest BCUT2D eigenvalue weighted by molar-refractivity contribution is 5.94. The van der Waals surface area contributed by atoms with Gasteiger partial charge in [0.15, 0.2) is 5.82 Å². The molecule has 0 radical (unpaired) electrons. The molecule has 1 aromatic carbocycles. The van der Waals surface area contributed by atoms with Crippen molar-refractivity contribution in [3.63, 3.8) is 0 Å². The number of nitrogens with zero attached hydrogens (tertiary/aromatic N) is 4. The van der Waals surface area contributed by atoms with Crippen LogP contribution in [0.1, 0.15) is 36.0 Å². The van der Waals surface area contributed by atoms with E-state index in [-0.39, 0.29) is 5.91 Å². The second-order valence-electron chi connectivity index (χ2n) is 7.97. The number of aromatic nitrogens is 2. The van der Waals surface area contributed by atoms with E-state index in [9.17, 15) is 4.79 Å². The summed E-state index contributed by atoms with van der Waals surface area (Å²) in [5.74, 6) is 0.918. The van der Waals surface area contributed by atoms with Crippen LogP contribution < -0.4 is 10.2 Å². The van der Waals surface area contributed by atoms with Crippen LogP contribution in [0.25, 0.3) is 11.3 Å². The standard InChI is InChI=1S/C23H31N5O2/c29-23(24-11-4-12-27-15-17-30-18-16-27)20-7-5-19(6-8-20)21-9-10-22(26-25-21)28-13-2-1-3-14-28/h5-10H,1-4,11-18H2,(H,24,29). The molecule has 2 saturated heterocycles. The number of morpholine rings is 1. The maximum Gasteiger partial charge on any atom is 0.251 e. The molecule has 1 aromatic heterocycles. The van der Waals surface area contributed by atoms with Gasteiger partial charge >= 0.3 is 0 Å². The van der Waals surface area contributed by atoms with Crippen LogP contribution in [-0.2, 0) is 4.74 Å². The fourth-order valence-corrected chi connectivity index (χ4v) is 3.99. The Labute approximate surface area is 178 Å². The van der Waals surface area contributed by atoms with E-state index < -0.39 is 0 Å². The van der Waals surface area contributed by atoms with E-state index in [1.54, 1.807) is 0 Å². The second-order valence-corrected chi connectivity index (χ2v) is 7.97. The Hall–Kier alpha value is -2.51. The van der Waals surface area contributed by atoms with Crippen LogP contribution in [0.3, 0.4) is 0 Å². The van der Waals surface area contributed by atoms with E-state index in [4.69, 9.17) is 4.74 Å². The van der Waals surface area contributed by atoms with Gasteiger partial charge in [0.25, 0.3) is 5.91 Å². The molecule has 2 aliphatic rings. The number of nitrogens with one attached hydrogen (secondary N) is 1. The summed E-state index contributed by atoms with van der Waals surface area (Å²) in [4.78, 5) is 17.1. The second kappa shape index (κ2) is 10.5. The molecule has 2 aromatic rings. The number of rotatable bonds is 7. The first-order valence-electron chi connectivity index (χ1n) is 11.1. The molecule has 1 amide bonds. The molecule has 0 spiro atoms. The van der Waals surface area contributed by atoms with Crippen LogP contribution >= 0.6 is 0 Å². The summed E-state index contributed by atoms with van der Waals surface area (Å²) in [5.41, 5.74) is 2.47. The lowest BCUT2D eigenvalue weighted by Gasteiger charge is -2.27. The first-order chi connectivity index (χ1) is 14.8. The number of benzene rings is 1. The maximum atomic E-state index is 12.4. The van der Waals surface area contributed by atoms with E-state index in [0.29, 0.717) is 12.1 Å². The topological polar surface area (TPSA) is 70.6 Å². The molecule has 0 aliphatic carbocycles. The molecule has 1 N–H and O–H groups in total. The van der Waals surface area contributed by atoms with Crippen LogP contribution in [-0.4, -0.2) is 73.5 Å². The summed E-state index contributed by atoms with van der Waals surface area (Å²) in [6, 6.07) is 11.6. The molecule has 160 valence electrons. The monoisotopic (exact) mass is 409 g/mol. The van der Waals surface area contributed by atoms with Gasteiger partial charge in [0, 0.05) is 43.9 Å². The quantitative estimate of drug-likeness (QED) is 0.709. The summed E-state index contributed by atoms with van der Waals surface area (Å²) in [6.45, 7) is 7.38. The van der Waals surface area contributed by atoms with Crippen molar-refractivity contribution in [2.45, 2.75) is 25.7 Å². The van der Waals surface area contributed by atoms with Gasteiger partial charge in [0.2, 0.25) is 0 Å². The summed E-state index contributed by atoms with van der Waals surface area (Å²) < 4.78 is 5.36. The fourth-order valence-electron chi connectivity index (χ4n) is 3.99.